The Hall–Kier alpha value is -0.540. The summed E-state index contributed by atoms with van der Waals surface area (Å²) >= 11 is 3.55. The first-order valence-corrected chi connectivity index (χ1v) is 6.74. The van der Waals surface area contributed by atoms with Crippen molar-refractivity contribution in [3.63, 3.8) is 0 Å². The van der Waals surface area contributed by atoms with Crippen LogP contribution in [-0.4, -0.2) is 25.7 Å². The molecule has 0 saturated carbocycles. The molecular formula is C13H19BrN2. The fourth-order valence-corrected chi connectivity index (χ4v) is 2.59. The van der Waals surface area contributed by atoms with Crippen LogP contribution in [0.25, 0.3) is 0 Å². The molecule has 0 amide bonds. The van der Waals surface area contributed by atoms with Crippen LogP contribution in [0, 0.1) is 6.92 Å². The molecule has 1 aromatic rings. The molecule has 1 aliphatic rings. The SMILES string of the molecule is CCC1CN(c2cc(Br)ccc2C)CCN1. The molecule has 0 spiro atoms. The zero-order valence-corrected chi connectivity index (χ0v) is 11.5. The van der Waals surface area contributed by atoms with E-state index in [-0.39, 0.29) is 0 Å². The summed E-state index contributed by atoms with van der Waals surface area (Å²) in [5.74, 6) is 0. The summed E-state index contributed by atoms with van der Waals surface area (Å²) in [6.45, 7) is 7.74. The second kappa shape index (κ2) is 5.19. The van der Waals surface area contributed by atoms with E-state index in [0.717, 1.165) is 19.6 Å². The second-order valence-corrected chi connectivity index (χ2v) is 5.35. The number of hydrogen-bond acceptors (Lipinski definition) is 2. The lowest BCUT2D eigenvalue weighted by atomic mass is 10.1. The molecule has 1 saturated heterocycles. The van der Waals surface area contributed by atoms with Crippen LogP contribution in [0.2, 0.25) is 0 Å². The molecule has 1 aliphatic heterocycles. The van der Waals surface area contributed by atoms with E-state index in [1.165, 1.54) is 22.1 Å². The van der Waals surface area contributed by atoms with E-state index in [0.29, 0.717) is 6.04 Å². The van der Waals surface area contributed by atoms with Gasteiger partial charge in [-0.15, -0.1) is 0 Å². The van der Waals surface area contributed by atoms with Crippen molar-refractivity contribution < 1.29 is 0 Å². The molecule has 1 unspecified atom stereocenters. The van der Waals surface area contributed by atoms with Crippen LogP contribution in [0.1, 0.15) is 18.9 Å². The molecule has 1 heterocycles. The average molecular weight is 283 g/mol. The molecule has 0 bridgehead atoms. The van der Waals surface area contributed by atoms with Gasteiger partial charge < -0.3 is 10.2 Å². The van der Waals surface area contributed by atoms with E-state index in [1.807, 2.05) is 0 Å². The van der Waals surface area contributed by atoms with Gasteiger partial charge in [-0.2, -0.15) is 0 Å². The van der Waals surface area contributed by atoms with Crippen LogP contribution in [0.3, 0.4) is 0 Å². The Morgan fingerprint density at radius 2 is 2.31 bits per heavy atom. The predicted molar refractivity (Wildman–Crippen MR) is 73.2 cm³/mol. The maximum Gasteiger partial charge on any atom is 0.0408 e. The van der Waals surface area contributed by atoms with Crippen molar-refractivity contribution in [2.45, 2.75) is 26.3 Å². The lowest BCUT2D eigenvalue weighted by Gasteiger charge is -2.35. The molecule has 1 fully saturated rings. The van der Waals surface area contributed by atoms with E-state index < -0.39 is 0 Å². The Kier molecular flexibility index (Phi) is 3.87. The van der Waals surface area contributed by atoms with E-state index in [1.54, 1.807) is 0 Å². The second-order valence-electron chi connectivity index (χ2n) is 4.44. The quantitative estimate of drug-likeness (QED) is 0.897. The molecule has 0 radical (unpaired) electrons. The standard InChI is InChI=1S/C13H19BrN2/c1-3-12-9-16(7-6-15-12)13-8-11(14)5-4-10(13)2/h4-5,8,12,15H,3,6-7,9H2,1-2H3. The van der Waals surface area contributed by atoms with Crippen molar-refractivity contribution >= 4 is 21.6 Å². The Morgan fingerprint density at radius 1 is 1.50 bits per heavy atom. The molecule has 0 aliphatic carbocycles. The normalized spacial score (nSPS) is 21.2. The largest absolute Gasteiger partial charge is 0.368 e. The highest BCUT2D eigenvalue weighted by Gasteiger charge is 2.19. The Labute approximate surface area is 106 Å². The van der Waals surface area contributed by atoms with Crippen molar-refractivity contribution in [1.82, 2.24) is 5.32 Å². The van der Waals surface area contributed by atoms with E-state index in [4.69, 9.17) is 0 Å². The number of nitrogens with one attached hydrogen (secondary N) is 1. The number of halogens is 1. The van der Waals surface area contributed by atoms with Crippen molar-refractivity contribution in [1.29, 1.82) is 0 Å². The Balaban J connectivity index is 2.19. The molecule has 0 aromatic heterocycles. The molecule has 2 rings (SSSR count). The highest BCUT2D eigenvalue weighted by Crippen LogP contribution is 2.25. The van der Waals surface area contributed by atoms with E-state index in [9.17, 15) is 0 Å². The first-order chi connectivity index (χ1) is 7.70. The van der Waals surface area contributed by atoms with Gasteiger partial charge in [0.25, 0.3) is 0 Å². The fraction of sp³-hybridized carbons (Fsp3) is 0.538. The summed E-state index contributed by atoms with van der Waals surface area (Å²) < 4.78 is 1.17. The zero-order valence-electron chi connectivity index (χ0n) is 9.96. The number of nitrogens with zero attached hydrogens (tertiary/aromatic N) is 1. The predicted octanol–water partition coefficient (Wildman–Crippen LogP) is 2.95. The van der Waals surface area contributed by atoms with Gasteiger partial charge in [-0.3, -0.25) is 0 Å². The van der Waals surface area contributed by atoms with Gasteiger partial charge in [0.05, 0.1) is 0 Å². The van der Waals surface area contributed by atoms with E-state index in [2.05, 4.69) is 58.2 Å². The first kappa shape index (κ1) is 11.9. The van der Waals surface area contributed by atoms with Crippen LogP contribution in [0.15, 0.2) is 22.7 Å². The maximum absolute atomic E-state index is 3.55. The molecular weight excluding hydrogens is 264 g/mol. The monoisotopic (exact) mass is 282 g/mol. The lowest BCUT2D eigenvalue weighted by Crippen LogP contribution is -2.50. The Morgan fingerprint density at radius 3 is 3.06 bits per heavy atom. The third-order valence-electron chi connectivity index (χ3n) is 3.26. The minimum atomic E-state index is 0.632. The van der Waals surface area contributed by atoms with Gasteiger partial charge in [0.15, 0.2) is 0 Å². The number of piperazine rings is 1. The zero-order chi connectivity index (χ0) is 11.5. The van der Waals surface area contributed by atoms with Crippen molar-refractivity contribution in [2.75, 3.05) is 24.5 Å². The van der Waals surface area contributed by atoms with Crippen molar-refractivity contribution in [3.8, 4) is 0 Å². The minimum absolute atomic E-state index is 0.632. The van der Waals surface area contributed by atoms with E-state index >= 15 is 0 Å². The number of rotatable bonds is 2. The van der Waals surface area contributed by atoms with Gasteiger partial charge in [-0.1, -0.05) is 28.9 Å². The first-order valence-electron chi connectivity index (χ1n) is 5.95. The van der Waals surface area contributed by atoms with Crippen LogP contribution >= 0.6 is 15.9 Å². The van der Waals surface area contributed by atoms with Crippen LogP contribution in [0.4, 0.5) is 5.69 Å². The highest BCUT2D eigenvalue weighted by atomic mass is 79.9. The van der Waals surface area contributed by atoms with Crippen LogP contribution in [0.5, 0.6) is 0 Å². The summed E-state index contributed by atoms with van der Waals surface area (Å²) in [6, 6.07) is 7.15. The Bertz CT molecular complexity index is 365. The van der Waals surface area contributed by atoms with Gasteiger partial charge in [-0.05, 0) is 31.0 Å². The molecule has 3 heteroatoms. The maximum atomic E-state index is 3.55. The summed E-state index contributed by atoms with van der Waals surface area (Å²) in [4.78, 5) is 2.49. The number of aryl methyl sites for hydroxylation is 1. The highest BCUT2D eigenvalue weighted by molar-refractivity contribution is 9.10. The van der Waals surface area contributed by atoms with Gasteiger partial charge in [-0.25, -0.2) is 0 Å². The summed E-state index contributed by atoms with van der Waals surface area (Å²) in [5, 5.41) is 3.55. The van der Waals surface area contributed by atoms with Gasteiger partial charge >= 0.3 is 0 Å². The average Bonchev–Trinajstić information content (AvgIpc) is 2.32. The fourth-order valence-electron chi connectivity index (χ4n) is 2.24. The van der Waals surface area contributed by atoms with Crippen molar-refractivity contribution in [3.05, 3.63) is 28.2 Å². The minimum Gasteiger partial charge on any atom is -0.368 e. The number of benzene rings is 1. The number of anilines is 1. The molecule has 88 valence electrons. The van der Waals surface area contributed by atoms with Gasteiger partial charge in [0, 0.05) is 35.8 Å². The molecule has 1 N–H and O–H groups in total. The molecule has 1 atom stereocenters. The molecule has 2 nitrogen and oxygen atoms in total. The lowest BCUT2D eigenvalue weighted by molar-refractivity contribution is 0.446. The third kappa shape index (κ3) is 2.58. The van der Waals surface area contributed by atoms with Gasteiger partial charge in [0.1, 0.15) is 0 Å². The van der Waals surface area contributed by atoms with Crippen molar-refractivity contribution in [2.24, 2.45) is 0 Å². The topological polar surface area (TPSA) is 15.3 Å². The van der Waals surface area contributed by atoms with Crippen LogP contribution < -0.4 is 10.2 Å². The summed E-state index contributed by atoms with van der Waals surface area (Å²) in [7, 11) is 0. The third-order valence-corrected chi connectivity index (χ3v) is 3.75. The smallest absolute Gasteiger partial charge is 0.0408 e. The molecule has 16 heavy (non-hydrogen) atoms. The van der Waals surface area contributed by atoms with Crippen LogP contribution in [-0.2, 0) is 0 Å². The summed E-state index contributed by atoms with van der Waals surface area (Å²) in [5.41, 5.74) is 2.73. The summed E-state index contributed by atoms with van der Waals surface area (Å²) in [6.07, 6.45) is 1.20. The number of hydrogen-bond donors (Lipinski definition) is 1. The molecule has 1 aromatic carbocycles. The van der Waals surface area contributed by atoms with Gasteiger partial charge in [0.2, 0.25) is 0 Å².